The van der Waals surface area contributed by atoms with Crippen LogP contribution in [-0.2, 0) is 16.1 Å². The molecule has 0 bridgehead atoms. The molecule has 0 atom stereocenters. The second-order valence-corrected chi connectivity index (χ2v) is 6.66. The first kappa shape index (κ1) is 18.7. The number of benzene rings is 1. The molecule has 0 radical (unpaired) electrons. The average molecular weight is 354 g/mol. The van der Waals surface area contributed by atoms with E-state index >= 15 is 0 Å². The van der Waals surface area contributed by atoms with Crippen LogP contribution in [0.1, 0.15) is 18.4 Å². The lowest BCUT2D eigenvalue weighted by molar-refractivity contribution is -0.138. The largest absolute Gasteiger partial charge is 0.480 e. The van der Waals surface area contributed by atoms with Gasteiger partial charge in [-0.15, -0.1) is 0 Å². The first-order valence-corrected chi connectivity index (χ1v) is 8.47. The van der Waals surface area contributed by atoms with Crippen molar-refractivity contribution in [1.29, 1.82) is 0 Å². The van der Waals surface area contributed by atoms with E-state index in [0.717, 1.165) is 31.5 Å². The summed E-state index contributed by atoms with van der Waals surface area (Å²) in [5, 5.41) is 12.4. The number of nitrogens with zero attached hydrogens (tertiary/aromatic N) is 2. The summed E-state index contributed by atoms with van der Waals surface area (Å²) in [6, 6.07) is 7.68. The van der Waals surface area contributed by atoms with Gasteiger partial charge in [-0.2, -0.15) is 0 Å². The Bertz CT molecular complexity index is 557. The lowest BCUT2D eigenvalue weighted by Gasteiger charge is -2.35. The van der Waals surface area contributed by atoms with E-state index in [1.807, 2.05) is 24.1 Å². The van der Waals surface area contributed by atoms with Gasteiger partial charge >= 0.3 is 5.97 Å². The predicted molar refractivity (Wildman–Crippen MR) is 93.0 cm³/mol. The summed E-state index contributed by atoms with van der Waals surface area (Å²) in [7, 11) is 1.84. The minimum Gasteiger partial charge on any atom is -0.480 e. The van der Waals surface area contributed by atoms with Crippen LogP contribution in [0.25, 0.3) is 0 Å². The summed E-state index contributed by atoms with van der Waals surface area (Å²) in [6.45, 7) is 2.55. The van der Waals surface area contributed by atoms with Crippen LogP contribution in [0, 0.1) is 0 Å². The highest BCUT2D eigenvalue weighted by molar-refractivity contribution is 6.30. The summed E-state index contributed by atoms with van der Waals surface area (Å²) < 4.78 is 0. The van der Waals surface area contributed by atoms with Crippen molar-refractivity contribution >= 4 is 23.5 Å². The lowest BCUT2D eigenvalue weighted by Crippen LogP contribution is -2.47. The van der Waals surface area contributed by atoms with Gasteiger partial charge in [0.1, 0.15) is 0 Å². The lowest BCUT2D eigenvalue weighted by atomic mass is 10.0. The van der Waals surface area contributed by atoms with E-state index in [4.69, 9.17) is 16.7 Å². The Morgan fingerprint density at radius 3 is 2.50 bits per heavy atom. The number of carbonyl (C=O) groups excluding carboxylic acids is 1. The molecule has 1 aliphatic heterocycles. The summed E-state index contributed by atoms with van der Waals surface area (Å²) in [5.74, 6) is -0.802. The zero-order valence-electron chi connectivity index (χ0n) is 13.9. The standard InChI is InChI=1S/C17H24ClN3O3/c1-20(12-17(23)24)15-6-8-21(9-7-15)11-16(22)19-10-13-2-4-14(18)5-3-13/h2-5,15H,6-12H2,1H3,(H,19,22)(H,23,24). The molecule has 0 unspecified atom stereocenters. The number of rotatable bonds is 7. The molecular formula is C17H24ClN3O3. The molecule has 1 heterocycles. The van der Waals surface area contributed by atoms with Gasteiger partial charge in [0.05, 0.1) is 13.1 Å². The van der Waals surface area contributed by atoms with Gasteiger partial charge in [0.2, 0.25) is 5.91 Å². The summed E-state index contributed by atoms with van der Waals surface area (Å²) >= 11 is 5.83. The first-order chi connectivity index (χ1) is 11.4. The van der Waals surface area contributed by atoms with E-state index in [1.54, 1.807) is 12.1 Å². The highest BCUT2D eigenvalue weighted by atomic mass is 35.5. The topological polar surface area (TPSA) is 72.9 Å². The number of hydrogen-bond donors (Lipinski definition) is 2. The quantitative estimate of drug-likeness (QED) is 0.776. The second kappa shape index (κ2) is 9.01. The third-order valence-electron chi connectivity index (χ3n) is 4.34. The molecule has 2 N–H and O–H groups in total. The zero-order chi connectivity index (χ0) is 17.5. The Labute approximate surface area is 147 Å². The molecular weight excluding hydrogens is 330 g/mol. The average Bonchev–Trinajstić information content (AvgIpc) is 2.54. The van der Waals surface area contributed by atoms with E-state index in [9.17, 15) is 9.59 Å². The van der Waals surface area contributed by atoms with Crippen molar-refractivity contribution in [3.63, 3.8) is 0 Å². The van der Waals surface area contributed by atoms with Crippen LogP contribution in [0.5, 0.6) is 0 Å². The Morgan fingerprint density at radius 1 is 1.29 bits per heavy atom. The number of carbonyl (C=O) groups is 2. The molecule has 0 saturated carbocycles. The van der Waals surface area contributed by atoms with E-state index in [1.165, 1.54) is 0 Å². The van der Waals surface area contributed by atoms with Gasteiger partial charge in [0.25, 0.3) is 0 Å². The van der Waals surface area contributed by atoms with Gasteiger partial charge in [-0.05, 0) is 37.6 Å². The number of halogens is 1. The molecule has 0 aliphatic carbocycles. The van der Waals surface area contributed by atoms with Crippen LogP contribution in [0.4, 0.5) is 0 Å². The van der Waals surface area contributed by atoms with Crippen molar-refractivity contribution in [2.24, 2.45) is 0 Å². The number of likely N-dealkylation sites (tertiary alicyclic amines) is 1. The van der Waals surface area contributed by atoms with Gasteiger partial charge < -0.3 is 10.4 Å². The van der Waals surface area contributed by atoms with Crippen molar-refractivity contribution in [2.45, 2.75) is 25.4 Å². The van der Waals surface area contributed by atoms with Crippen molar-refractivity contribution in [3.8, 4) is 0 Å². The van der Waals surface area contributed by atoms with Crippen LogP contribution in [-0.4, -0.2) is 66.1 Å². The fourth-order valence-corrected chi connectivity index (χ4v) is 3.05. The first-order valence-electron chi connectivity index (χ1n) is 8.09. The molecule has 0 spiro atoms. The summed E-state index contributed by atoms with van der Waals surface area (Å²) in [4.78, 5) is 26.8. The highest BCUT2D eigenvalue weighted by Crippen LogP contribution is 2.15. The maximum Gasteiger partial charge on any atom is 0.317 e. The number of aliphatic carboxylic acids is 1. The summed E-state index contributed by atoms with van der Waals surface area (Å²) in [6.07, 6.45) is 1.77. The molecule has 1 aromatic rings. The van der Waals surface area contributed by atoms with Crippen LogP contribution in [0.15, 0.2) is 24.3 Å². The maximum atomic E-state index is 12.0. The van der Waals surface area contributed by atoms with Crippen molar-refractivity contribution in [1.82, 2.24) is 15.1 Å². The number of likely N-dealkylation sites (N-methyl/N-ethyl adjacent to an activating group) is 1. The van der Waals surface area contributed by atoms with Crippen LogP contribution in [0.3, 0.4) is 0 Å². The smallest absolute Gasteiger partial charge is 0.317 e. The number of piperidine rings is 1. The number of carboxylic acid groups (broad SMARTS) is 1. The molecule has 2 rings (SSSR count). The number of carboxylic acids is 1. The monoisotopic (exact) mass is 353 g/mol. The van der Waals surface area contributed by atoms with Crippen LogP contribution < -0.4 is 5.32 Å². The van der Waals surface area contributed by atoms with Gasteiger partial charge in [0, 0.05) is 30.7 Å². The zero-order valence-corrected chi connectivity index (χ0v) is 14.6. The second-order valence-electron chi connectivity index (χ2n) is 6.22. The molecule has 24 heavy (non-hydrogen) atoms. The van der Waals surface area contributed by atoms with E-state index in [-0.39, 0.29) is 18.5 Å². The van der Waals surface area contributed by atoms with E-state index in [0.29, 0.717) is 18.1 Å². The molecule has 1 saturated heterocycles. The molecule has 1 fully saturated rings. The van der Waals surface area contributed by atoms with Crippen molar-refractivity contribution in [2.75, 3.05) is 33.2 Å². The van der Waals surface area contributed by atoms with Gasteiger partial charge in [-0.1, -0.05) is 23.7 Å². The molecule has 132 valence electrons. The Kier molecular flexibility index (Phi) is 7.02. The molecule has 1 aliphatic rings. The van der Waals surface area contributed by atoms with Crippen LogP contribution in [0.2, 0.25) is 5.02 Å². The maximum absolute atomic E-state index is 12.0. The fraction of sp³-hybridized carbons (Fsp3) is 0.529. The Balaban J connectivity index is 1.68. The van der Waals surface area contributed by atoms with Crippen LogP contribution >= 0.6 is 11.6 Å². The predicted octanol–water partition coefficient (Wildman–Crippen LogP) is 1.44. The number of nitrogens with one attached hydrogen (secondary N) is 1. The third-order valence-corrected chi connectivity index (χ3v) is 4.59. The fourth-order valence-electron chi connectivity index (χ4n) is 2.92. The summed E-state index contributed by atoms with van der Waals surface area (Å²) in [5.41, 5.74) is 1.02. The van der Waals surface area contributed by atoms with E-state index in [2.05, 4.69) is 10.2 Å². The highest BCUT2D eigenvalue weighted by Gasteiger charge is 2.24. The van der Waals surface area contributed by atoms with Gasteiger partial charge in [-0.3, -0.25) is 19.4 Å². The van der Waals surface area contributed by atoms with Gasteiger partial charge in [-0.25, -0.2) is 0 Å². The Morgan fingerprint density at radius 2 is 1.92 bits per heavy atom. The Hall–Kier alpha value is -1.63. The SMILES string of the molecule is CN(CC(=O)O)C1CCN(CC(=O)NCc2ccc(Cl)cc2)CC1. The van der Waals surface area contributed by atoms with Gasteiger partial charge in [0.15, 0.2) is 0 Å². The number of amides is 1. The number of hydrogen-bond acceptors (Lipinski definition) is 4. The van der Waals surface area contributed by atoms with Crippen molar-refractivity contribution in [3.05, 3.63) is 34.9 Å². The normalized spacial score (nSPS) is 16.3. The molecule has 7 heteroatoms. The third kappa shape index (κ3) is 6.11. The van der Waals surface area contributed by atoms with Crippen molar-refractivity contribution < 1.29 is 14.7 Å². The minimum atomic E-state index is -0.804. The minimum absolute atomic E-state index is 0.00212. The molecule has 0 aromatic heterocycles. The molecule has 1 amide bonds. The molecule has 1 aromatic carbocycles. The molecule has 6 nitrogen and oxygen atoms in total. The van der Waals surface area contributed by atoms with E-state index < -0.39 is 5.97 Å².